The maximum atomic E-state index is 11.7. The Balaban J connectivity index is 1.68. The van der Waals surface area contributed by atoms with Crippen molar-refractivity contribution in [3.05, 3.63) is 71.8 Å². The van der Waals surface area contributed by atoms with Crippen LogP contribution in [0.2, 0.25) is 0 Å². The molecule has 2 aromatic carbocycles. The summed E-state index contributed by atoms with van der Waals surface area (Å²) in [4.78, 5) is 11.7. The molecule has 2 N–H and O–H groups in total. The Morgan fingerprint density at radius 3 is 2.20 bits per heavy atom. The molecule has 7 nitrogen and oxygen atoms in total. The van der Waals surface area contributed by atoms with E-state index in [2.05, 4.69) is 5.32 Å². The predicted octanol–water partition coefficient (Wildman–Crippen LogP) is 2.03. The molecular weight excluding hydrogens is 386 g/mol. The van der Waals surface area contributed by atoms with Crippen LogP contribution in [-0.4, -0.2) is 55.4 Å². The number of hydrogen-bond acceptors (Lipinski definition) is 6. The standard InChI is InChI=1S/C23H29NO6/c1-16(25)24-20-22(29-14-18-11-7-4-8-12-18)21(26)19(30-23(20)27-2)15-28-13-17-9-5-3-6-10-17/h3-12,19-23,26H,13-15H2,1-2H3,(H,24,25)/t19-,20+,21+,22-,23+/m1/s1. The number of aliphatic hydroxyl groups is 1. The van der Waals surface area contributed by atoms with Crippen molar-refractivity contribution < 1.29 is 28.8 Å². The van der Waals surface area contributed by atoms with Crippen LogP contribution in [0, 0.1) is 0 Å². The van der Waals surface area contributed by atoms with Gasteiger partial charge in [-0.3, -0.25) is 4.79 Å². The first-order valence-corrected chi connectivity index (χ1v) is 9.99. The summed E-state index contributed by atoms with van der Waals surface area (Å²) in [6, 6.07) is 18.7. The van der Waals surface area contributed by atoms with E-state index in [0.717, 1.165) is 11.1 Å². The lowest BCUT2D eigenvalue weighted by Gasteiger charge is -2.44. The van der Waals surface area contributed by atoms with E-state index in [1.165, 1.54) is 14.0 Å². The van der Waals surface area contributed by atoms with Crippen molar-refractivity contribution >= 4 is 5.91 Å². The Morgan fingerprint density at radius 2 is 1.63 bits per heavy atom. The summed E-state index contributed by atoms with van der Waals surface area (Å²) in [5.74, 6) is -0.259. The first-order valence-electron chi connectivity index (χ1n) is 9.99. The number of rotatable bonds is 9. The van der Waals surface area contributed by atoms with Crippen LogP contribution in [0.25, 0.3) is 0 Å². The molecule has 0 bridgehead atoms. The van der Waals surface area contributed by atoms with Crippen molar-refractivity contribution in [2.75, 3.05) is 13.7 Å². The molecule has 0 spiro atoms. The zero-order chi connectivity index (χ0) is 21.3. The summed E-state index contributed by atoms with van der Waals surface area (Å²) in [5, 5.41) is 13.8. The quantitative estimate of drug-likeness (QED) is 0.652. The summed E-state index contributed by atoms with van der Waals surface area (Å²) in [6.45, 7) is 2.25. The minimum atomic E-state index is -1.01. The Hall–Kier alpha value is -2.29. The van der Waals surface area contributed by atoms with Crippen LogP contribution in [0.5, 0.6) is 0 Å². The van der Waals surface area contributed by atoms with Crippen molar-refractivity contribution in [1.29, 1.82) is 0 Å². The number of benzene rings is 2. The van der Waals surface area contributed by atoms with E-state index in [1.807, 2.05) is 60.7 Å². The first kappa shape index (κ1) is 22.4. The van der Waals surface area contributed by atoms with E-state index in [1.54, 1.807) is 0 Å². The number of ether oxygens (including phenoxy) is 4. The van der Waals surface area contributed by atoms with Gasteiger partial charge in [0.15, 0.2) is 6.29 Å². The molecule has 162 valence electrons. The zero-order valence-corrected chi connectivity index (χ0v) is 17.3. The summed E-state index contributed by atoms with van der Waals surface area (Å²) in [7, 11) is 1.49. The topological polar surface area (TPSA) is 86.2 Å². The van der Waals surface area contributed by atoms with E-state index < -0.39 is 30.6 Å². The summed E-state index contributed by atoms with van der Waals surface area (Å²) < 4.78 is 23.1. The highest BCUT2D eigenvalue weighted by Crippen LogP contribution is 2.26. The maximum absolute atomic E-state index is 11.7. The molecule has 7 heteroatoms. The lowest BCUT2D eigenvalue weighted by Crippen LogP contribution is -2.65. The van der Waals surface area contributed by atoms with Gasteiger partial charge in [-0.15, -0.1) is 0 Å². The van der Waals surface area contributed by atoms with Gasteiger partial charge in [-0.05, 0) is 11.1 Å². The maximum Gasteiger partial charge on any atom is 0.217 e. The molecule has 2 aromatic rings. The molecule has 5 atom stereocenters. The van der Waals surface area contributed by atoms with Gasteiger partial charge in [0.1, 0.15) is 24.4 Å². The molecule has 1 aliphatic heterocycles. The van der Waals surface area contributed by atoms with Gasteiger partial charge < -0.3 is 29.4 Å². The predicted molar refractivity (Wildman–Crippen MR) is 110 cm³/mol. The van der Waals surface area contributed by atoms with Gasteiger partial charge in [0.25, 0.3) is 0 Å². The number of aliphatic hydroxyl groups excluding tert-OH is 1. The lowest BCUT2D eigenvalue weighted by molar-refractivity contribution is -0.274. The average Bonchev–Trinajstić information content (AvgIpc) is 2.76. The molecule has 0 radical (unpaired) electrons. The number of hydrogen-bond donors (Lipinski definition) is 2. The van der Waals surface area contributed by atoms with Gasteiger partial charge >= 0.3 is 0 Å². The Labute approximate surface area is 176 Å². The molecule has 0 aliphatic carbocycles. The van der Waals surface area contributed by atoms with Crippen LogP contribution >= 0.6 is 0 Å². The largest absolute Gasteiger partial charge is 0.388 e. The third-order valence-electron chi connectivity index (χ3n) is 4.95. The van der Waals surface area contributed by atoms with Crippen molar-refractivity contribution in [2.45, 2.75) is 50.8 Å². The number of carbonyl (C=O) groups is 1. The van der Waals surface area contributed by atoms with Gasteiger partial charge in [-0.1, -0.05) is 60.7 Å². The number of carbonyl (C=O) groups excluding carboxylic acids is 1. The van der Waals surface area contributed by atoms with Gasteiger partial charge in [0.2, 0.25) is 5.91 Å². The van der Waals surface area contributed by atoms with Crippen LogP contribution in [-0.2, 0) is 37.0 Å². The fraction of sp³-hybridized carbons (Fsp3) is 0.435. The fourth-order valence-corrected chi connectivity index (χ4v) is 3.48. The number of nitrogens with one attached hydrogen (secondary N) is 1. The van der Waals surface area contributed by atoms with Crippen LogP contribution in [0.3, 0.4) is 0 Å². The Morgan fingerprint density at radius 1 is 1.03 bits per heavy atom. The van der Waals surface area contributed by atoms with E-state index in [0.29, 0.717) is 6.61 Å². The Kier molecular flexibility index (Phi) is 8.36. The van der Waals surface area contributed by atoms with Crippen LogP contribution < -0.4 is 5.32 Å². The molecule has 0 aromatic heterocycles. The van der Waals surface area contributed by atoms with Crippen molar-refractivity contribution in [1.82, 2.24) is 5.32 Å². The monoisotopic (exact) mass is 415 g/mol. The van der Waals surface area contributed by atoms with Gasteiger partial charge in [-0.2, -0.15) is 0 Å². The second-order valence-electron chi connectivity index (χ2n) is 7.26. The fourth-order valence-electron chi connectivity index (χ4n) is 3.48. The van der Waals surface area contributed by atoms with Crippen molar-refractivity contribution in [2.24, 2.45) is 0 Å². The highest BCUT2D eigenvalue weighted by molar-refractivity contribution is 5.73. The highest BCUT2D eigenvalue weighted by atomic mass is 16.7. The summed E-state index contributed by atoms with van der Waals surface area (Å²) in [6.07, 6.45) is -3.17. The third kappa shape index (κ3) is 6.10. The number of methoxy groups -OCH3 is 1. The molecule has 30 heavy (non-hydrogen) atoms. The van der Waals surface area contributed by atoms with Crippen molar-refractivity contribution in [3.63, 3.8) is 0 Å². The van der Waals surface area contributed by atoms with Crippen molar-refractivity contribution in [3.8, 4) is 0 Å². The minimum Gasteiger partial charge on any atom is -0.388 e. The molecule has 1 heterocycles. The minimum absolute atomic E-state index is 0.161. The molecule has 1 saturated heterocycles. The summed E-state index contributed by atoms with van der Waals surface area (Å²) in [5.41, 5.74) is 1.99. The summed E-state index contributed by atoms with van der Waals surface area (Å²) >= 11 is 0. The zero-order valence-electron chi connectivity index (χ0n) is 17.3. The highest BCUT2D eigenvalue weighted by Gasteiger charge is 2.46. The normalized spacial score (nSPS) is 26.3. The lowest BCUT2D eigenvalue weighted by atomic mass is 9.96. The van der Waals surface area contributed by atoms with E-state index in [4.69, 9.17) is 18.9 Å². The van der Waals surface area contributed by atoms with Crippen LogP contribution in [0.15, 0.2) is 60.7 Å². The molecule has 1 amide bonds. The van der Waals surface area contributed by atoms with E-state index in [-0.39, 0.29) is 19.1 Å². The molecule has 0 saturated carbocycles. The second-order valence-corrected chi connectivity index (χ2v) is 7.26. The third-order valence-corrected chi connectivity index (χ3v) is 4.95. The molecular formula is C23H29NO6. The van der Waals surface area contributed by atoms with Crippen LogP contribution in [0.1, 0.15) is 18.1 Å². The number of amides is 1. The van der Waals surface area contributed by atoms with Gasteiger partial charge in [0, 0.05) is 14.0 Å². The molecule has 3 rings (SSSR count). The average molecular weight is 415 g/mol. The Bertz CT molecular complexity index is 772. The first-order chi connectivity index (χ1) is 14.6. The van der Waals surface area contributed by atoms with Gasteiger partial charge in [-0.25, -0.2) is 0 Å². The SMILES string of the molecule is CO[C@H]1O[C@H](COCc2ccccc2)[C@H](O)[C@H](OCc2ccccc2)[C@@H]1NC(C)=O. The van der Waals surface area contributed by atoms with Gasteiger partial charge in [0.05, 0.1) is 19.8 Å². The van der Waals surface area contributed by atoms with E-state index in [9.17, 15) is 9.90 Å². The van der Waals surface area contributed by atoms with Crippen LogP contribution in [0.4, 0.5) is 0 Å². The molecule has 1 fully saturated rings. The smallest absolute Gasteiger partial charge is 0.217 e. The second kappa shape index (κ2) is 11.2. The molecule has 0 unspecified atom stereocenters. The van der Waals surface area contributed by atoms with E-state index >= 15 is 0 Å². The molecule has 1 aliphatic rings.